The van der Waals surface area contributed by atoms with Gasteiger partial charge in [0.2, 0.25) is 5.91 Å². The van der Waals surface area contributed by atoms with Crippen molar-refractivity contribution in [2.45, 2.75) is 24.3 Å². The van der Waals surface area contributed by atoms with Crippen LogP contribution in [0.5, 0.6) is 5.75 Å². The summed E-state index contributed by atoms with van der Waals surface area (Å²) in [4.78, 5) is 19.5. The molecule has 0 atom stereocenters. The van der Waals surface area contributed by atoms with E-state index in [2.05, 4.69) is 22.0 Å². The van der Waals surface area contributed by atoms with E-state index in [1.54, 1.807) is 7.11 Å². The molecule has 0 aliphatic carbocycles. The number of nitrogens with zero attached hydrogens (tertiary/aromatic N) is 3. The largest absolute Gasteiger partial charge is 0.497 e. The Bertz CT molecular complexity index is 1170. The SMILES string of the molecule is COc1ccc(-c2cc(-c3ccc(Br)cc3)nc(SCC(=O)N3CCCCC3)c2C#N)cc1. The number of thioether (sulfide) groups is 1. The Morgan fingerprint density at radius 1 is 1.09 bits per heavy atom. The first-order valence-corrected chi connectivity index (χ1v) is 12.6. The molecule has 0 bridgehead atoms. The molecule has 2 heterocycles. The molecule has 0 unspecified atom stereocenters. The first-order chi connectivity index (χ1) is 16.1. The maximum atomic E-state index is 12.8. The molecule has 168 valence electrons. The summed E-state index contributed by atoms with van der Waals surface area (Å²) >= 11 is 4.82. The molecule has 0 spiro atoms. The van der Waals surface area contributed by atoms with Gasteiger partial charge in [0.15, 0.2) is 0 Å². The third-order valence-corrected chi connectivity index (χ3v) is 7.17. The van der Waals surface area contributed by atoms with Crippen molar-refractivity contribution in [2.75, 3.05) is 26.0 Å². The lowest BCUT2D eigenvalue weighted by molar-refractivity contribution is -0.129. The second-order valence-electron chi connectivity index (χ2n) is 7.81. The van der Waals surface area contributed by atoms with Crippen molar-refractivity contribution in [1.82, 2.24) is 9.88 Å². The zero-order chi connectivity index (χ0) is 23.2. The number of piperidine rings is 1. The van der Waals surface area contributed by atoms with Crippen LogP contribution in [0.4, 0.5) is 0 Å². The first-order valence-electron chi connectivity index (χ1n) is 10.8. The van der Waals surface area contributed by atoms with E-state index in [9.17, 15) is 10.1 Å². The van der Waals surface area contributed by atoms with Gasteiger partial charge in [0.25, 0.3) is 0 Å². The Morgan fingerprint density at radius 3 is 2.39 bits per heavy atom. The Hall–Kier alpha value is -2.82. The molecule has 3 aromatic rings. The minimum atomic E-state index is 0.102. The molecule has 7 heteroatoms. The van der Waals surface area contributed by atoms with Crippen molar-refractivity contribution < 1.29 is 9.53 Å². The molecule has 2 aromatic carbocycles. The van der Waals surface area contributed by atoms with Crippen LogP contribution in [0.15, 0.2) is 64.1 Å². The summed E-state index contributed by atoms with van der Waals surface area (Å²) in [5, 5.41) is 10.6. The van der Waals surface area contributed by atoms with Crippen molar-refractivity contribution in [3.05, 3.63) is 64.6 Å². The van der Waals surface area contributed by atoms with Gasteiger partial charge < -0.3 is 9.64 Å². The average molecular weight is 522 g/mol. The smallest absolute Gasteiger partial charge is 0.232 e. The maximum absolute atomic E-state index is 12.8. The Labute approximate surface area is 206 Å². The van der Waals surface area contributed by atoms with Crippen molar-refractivity contribution >= 4 is 33.6 Å². The third kappa shape index (κ3) is 5.58. The maximum Gasteiger partial charge on any atom is 0.232 e. The van der Waals surface area contributed by atoms with Crippen LogP contribution in [0.25, 0.3) is 22.4 Å². The van der Waals surface area contributed by atoms with Gasteiger partial charge in [-0.1, -0.05) is 52.0 Å². The van der Waals surface area contributed by atoms with Crippen LogP contribution in [0.3, 0.4) is 0 Å². The van der Waals surface area contributed by atoms with E-state index >= 15 is 0 Å². The number of hydrogen-bond acceptors (Lipinski definition) is 5. The minimum Gasteiger partial charge on any atom is -0.497 e. The average Bonchev–Trinajstić information content (AvgIpc) is 2.87. The van der Waals surface area contributed by atoms with E-state index in [-0.39, 0.29) is 11.7 Å². The molecular formula is C26H24BrN3O2S. The summed E-state index contributed by atoms with van der Waals surface area (Å²) in [5.41, 5.74) is 3.89. The Kier molecular flexibility index (Phi) is 7.69. The number of carbonyl (C=O) groups is 1. The fourth-order valence-corrected chi connectivity index (χ4v) is 5.04. The topological polar surface area (TPSA) is 66.2 Å². The standard InChI is InChI=1S/C26H24BrN3O2S/c1-32-21-11-7-18(8-12-21)22-15-24(19-5-9-20(27)10-6-19)29-26(23(22)16-28)33-17-25(31)30-13-3-2-4-14-30/h5-12,15H,2-4,13-14,17H2,1H3. The number of aromatic nitrogens is 1. The summed E-state index contributed by atoms with van der Waals surface area (Å²) < 4.78 is 6.27. The number of carbonyl (C=O) groups excluding carboxylic acids is 1. The highest BCUT2D eigenvalue weighted by molar-refractivity contribution is 9.10. The molecular weight excluding hydrogens is 498 g/mol. The van der Waals surface area contributed by atoms with Crippen LogP contribution >= 0.6 is 27.7 Å². The number of amides is 1. The van der Waals surface area contributed by atoms with Gasteiger partial charge >= 0.3 is 0 Å². The number of rotatable bonds is 6. The van der Waals surface area contributed by atoms with Crippen LogP contribution in [-0.4, -0.2) is 41.7 Å². The number of pyridine rings is 1. The first kappa shape index (κ1) is 23.3. The summed E-state index contributed by atoms with van der Waals surface area (Å²) in [6.07, 6.45) is 3.29. The van der Waals surface area contributed by atoms with E-state index in [1.165, 1.54) is 18.2 Å². The van der Waals surface area contributed by atoms with Crippen molar-refractivity contribution in [3.63, 3.8) is 0 Å². The van der Waals surface area contributed by atoms with Gasteiger partial charge in [0.1, 0.15) is 16.8 Å². The highest BCUT2D eigenvalue weighted by Gasteiger charge is 2.20. The molecule has 1 amide bonds. The normalized spacial score (nSPS) is 13.4. The zero-order valence-corrected chi connectivity index (χ0v) is 20.8. The van der Waals surface area contributed by atoms with Crippen LogP contribution < -0.4 is 4.74 Å². The van der Waals surface area contributed by atoms with E-state index in [0.29, 0.717) is 10.6 Å². The predicted molar refractivity (Wildman–Crippen MR) is 135 cm³/mol. The van der Waals surface area contributed by atoms with E-state index in [4.69, 9.17) is 9.72 Å². The van der Waals surface area contributed by atoms with Crippen molar-refractivity contribution in [2.24, 2.45) is 0 Å². The van der Waals surface area contributed by atoms with Gasteiger partial charge in [-0.3, -0.25) is 4.79 Å². The van der Waals surface area contributed by atoms with Gasteiger partial charge in [0, 0.05) is 28.7 Å². The highest BCUT2D eigenvalue weighted by Crippen LogP contribution is 2.35. The predicted octanol–water partition coefficient (Wildman–Crippen LogP) is 6.16. The summed E-state index contributed by atoms with van der Waals surface area (Å²) in [6.45, 7) is 1.63. The molecule has 5 nitrogen and oxygen atoms in total. The quantitative estimate of drug-likeness (QED) is 0.363. The molecule has 1 saturated heterocycles. The van der Waals surface area contributed by atoms with E-state index in [0.717, 1.165) is 58.5 Å². The van der Waals surface area contributed by atoms with Crippen LogP contribution in [0.2, 0.25) is 0 Å². The summed E-state index contributed by atoms with van der Waals surface area (Å²) in [5.74, 6) is 1.12. The lowest BCUT2D eigenvalue weighted by Crippen LogP contribution is -2.36. The Morgan fingerprint density at radius 2 is 1.76 bits per heavy atom. The van der Waals surface area contributed by atoms with Crippen LogP contribution in [0.1, 0.15) is 24.8 Å². The molecule has 4 rings (SSSR count). The number of benzene rings is 2. The highest BCUT2D eigenvalue weighted by atomic mass is 79.9. The van der Waals surface area contributed by atoms with Gasteiger partial charge in [0.05, 0.1) is 24.1 Å². The monoisotopic (exact) mass is 521 g/mol. The summed E-state index contributed by atoms with van der Waals surface area (Å²) in [6, 6.07) is 19.8. The number of nitriles is 1. The molecule has 1 fully saturated rings. The van der Waals surface area contributed by atoms with Crippen molar-refractivity contribution in [3.8, 4) is 34.2 Å². The van der Waals surface area contributed by atoms with E-state index < -0.39 is 0 Å². The van der Waals surface area contributed by atoms with Gasteiger partial charge in [-0.15, -0.1) is 0 Å². The second kappa shape index (κ2) is 10.9. The molecule has 0 saturated carbocycles. The molecule has 1 aliphatic rings. The number of hydrogen-bond donors (Lipinski definition) is 0. The molecule has 1 aromatic heterocycles. The minimum absolute atomic E-state index is 0.102. The van der Waals surface area contributed by atoms with Crippen molar-refractivity contribution in [1.29, 1.82) is 5.26 Å². The molecule has 1 aliphatic heterocycles. The zero-order valence-electron chi connectivity index (χ0n) is 18.4. The second-order valence-corrected chi connectivity index (χ2v) is 9.69. The van der Waals surface area contributed by atoms with Gasteiger partial charge in [-0.25, -0.2) is 4.98 Å². The lowest BCUT2D eigenvalue weighted by Gasteiger charge is -2.26. The Balaban J connectivity index is 1.72. The van der Waals surface area contributed by atoms with E-state index in [1.807, 2.05) is 59.5 Å². The molecule has 0 N–H and O–H groups in total. The van der Waals surface area contributed by atoms with Gasteiger partial charge in [-0.05, 0) is 55.2 Å². The fraction of sp³-hybridized carbons (Fsp3) is 0.269. The number of ether oxygens (including phenoxy) is 1. The van der Waals surface area contributed by atoms with Crippen LogP contribution in [0, 0.1) is 11.3 Å². The summed E-state index contributed by atoms with van der Waals surface area (Å²) in [7, 11) is 1.63. The number of likely N-dealkylation sites (tertiary alicyclic amines) is 1. The third-order valence-electron chi connectivity index (χ3n) is 5.68. The number of methoxy groups -OCH3 is 1. The fourth-order valence-electron chi connectivity index (χ4n) is 3.87. The number of halogens is 1. The molecule has 33 heavy (non-hydrogen) atoms. The van der Waals surface area contributed by atoms with Crippen LogP contribution in [-0.2, 0) is 4.79 Å². The van der Waals surface area contributed by atoms with Gasteiger partial charge in [-0.2, -0.15) is 5.26 Å². The lowest BCUT2D eigenvalue weighted by atomic mass is 9.99. The molecule has 0 radical (unpaired) electrons.